The number of phenols is 2. The fraction of sp³-hybridized carbons (Fsp3) is 0.484. The zero-order valence-electron chi connectivity index (χ0n) is 26.6. The SMILES string of the molecule is CC(=O)[O-].CC(=O)[O-].CC(C)(C)c1cc(C(F)(F)F)cc(C=NCCCN=Cc2cc(C(F)(F)F)cc(C(C)(C)C)c2O)c1O.[Co+2]. The minimum atomic E-state index is -4.59. The van der Waals surface area contributed by atoms with Crippen LogP contribution in [0.4, 0.5) is 26.3 Å². The van der Waals surface area contributed by atoms with Crippen LogP contribution >= 0.6 is 0 Å². The Morgan fingerprint density at radius 3 is 1.15 bits per heavy atom. The summed E-state index contributed by atoms with van der Waals surface area (Å²) in [7, 11) is 0. The van der Waals surface area contributed by atoms with Crippen molar-refractivity contribution < 1.29 is 73.1 Å². The maximum atomic E-state index is 13.3. The normalized spacial score (nSPS) is 12.1. The number of carbonyl (C=O) groups excluding carboxylic acids is 2. The molecule has 2 N–H and O–H groups in total. The van der Waals surface area contributed by atoms with Gasteiger partial charge < -0.3 is 30.0 Å². The maximum absolute atomic E-state index is 13.3. The summed E-state index contributed by atoms with van der Waals surface area (Å²) < 4.78 is 79.9. The number of carboxylic acids is 2. The van der Waals surface area contributed by atoms with Gasteiger partial charge in [0.2, 0.25) is 0 Å². The molecule has 0 fully saturated rings. The molecule has 0 aromatic heterocycles. The van der Waals surface area contributed by atoms with E-state index >= 15 is 0 Å². The number of phenolic OH excluding ortho intramolecular Hbond substituents is 2. The molecular weight excluding hydrogens is 669 g/mol. The van der Waals surface area contributed by atoms with Crippen molar-refractivity contribution in [3.8, 4) is 11.5 Å². The van der Waals surface area contributed by atoms with E-state index in [1.807, 2.05) is 0 Å². The molecule has 0 spiro atoms. The molecule has 0 unspecified atom stereocenters. The minimum Gasteiger partial charge on any atom is -0.550 e. The van der Waals surface area contributed by atoms with Gasteiger partial charge in [0.1, 0.15) is 11.5 Å². The van der Waals surface area contributed by atoms with E-state index in [0.717, 1.165) is 50.5 Å². The second-order valence-electron chi connectivity index (χ2n) is 11.8. The summed E-state index contributed by atoms with van der Waals surface area (Å²) in [6.45, 7) is 12.4. The Hall–Kier alpha value is -3.59. The number of aliphatic imine (C=N–C) groups is 2. The predicted octanol–water partition coefficient (Wildman–Crippen LogP) is 5.17. The second-order valence-corrected chi connectivity index (χ2v) is 11.8. The molecule has 0 bridgehead atoms. The van der Waals surface area contributed by atoms with Crippen molar-refractivity contribution in [2.75, 3.05) is 13.1 Å². The predicted molar refractivity (Wildman–Crippen MR) is 155 cm³/mol. The third kappa shape index (κ3) is 16.1. The molecule has 259 valence electrons. The zero-order chi connectivity index (χ0) is 35.6. The van der Waals surface area contributed by atoms with Gasteiger partial charge in [-0.05, 0) is 55.4 Å². The van der Waals surface area contributed by atoms with E-state index in [1.54, 1.807) is 41.5 Å². The third-order valence-electron chi connectivity index (χ3n) is 5.58. The summed E-state index contributed by atoms with van der Waals surface area (Å²) in [5.41, 5.74) is -3.09. The van der Waals surface area contributed by atoms with E-state index in [4.69, 9.17) is 19.8 Å². The zero-order valence-corrected chi connectivity index (χ0v) is 27.6. The molecule has 2 rings (SSSR count). The number of nitrogens with zero attached hydrogens (tertiary/aromatic N) is 2. The maximum Gasteiger partial charge on any atom is 2.00 e. The van der Waals surface area contributed by atoms with Crippen LogP contribution in [0.15, 0.2) is 34.3 Å². The average Bonchev–Trinajstić information content (AvgIpc) is 2.81. The molecule has 15 heteroatoms. The van der Waals surface area contributed by atoms with Crippen LogP contribution in [0.2, 0.25) is 0 Å². The molecule has 2 aromatic rings. The van der Waals surface area contributed by atoms with E-state index in [0.29, 0.717) is 6.42 Å². The first-order chi connectivity index (χ1) is 20.2. The fourth-order valence-corrected chi connectivity index (χ4v) is 3.56. The van der Waals surface area contributed by atoms with Gasteiger partial charge in [-0.2, -0.15) is 26.3 Å². The summed E-state index contributed by atoms with van der Waals surface area (Å²) in [6.07, 6.45) is -6.51. The van der Waals surface area contributed by atoms with Crippen molar-refractivity contribution in [3.63, 3.8) is 0 Å². The number of hydrogen-bond donors (Lipinski definition) is 2. The number of carbonyl (C=O) groups is 2. The molecule has 0 amide bonds. The Bertz CT molecular complexity index is 1260. The van der Waals surface area contributed by atoms with Gasteiger partial charge in [0, 0.05) is 59.7 Å². The van der Waals surface area contributed by atoms with Gasteiger partial charge in [0.05, 0.1) is 11.1 Å². The van der Waals surface area contributed by atoms with E-state index in [1.165, 1.54) is 0 Å². The quantitative estimate of drug-likeness (QED) is 0.241. The Labute approximate surface area is 274 Å². The van der Waals surface area contributed by atoms with Crippen molar-refractivity contribution >= 4 is 24.4 Å². The molecule has 2 aromatic carbocycles. The number of benzene rings is 2. The van der Waals surface area contributed by atoms with E-state index in [-0.39, 0.29) is 63.6 Å². The van der Waals surface area contributed by atoms with Crippen LogP contribution < -0.4 is 10.2 Å². The van der Waals surface area contributed by atoms with Gasteiger partial charge >= 0.3 is 29.1 Å². The van der Waals surface area contributed by atoms with Crippen LogP contribution in [0.3, 0.4) is 0 Å². The van der Waals surface area contributed by atoms with Crippen LogP contribution in [0, 0.1) is 0 Å². The fourth-order valence-electron chi connectivity index (χ4n) is 3.56. The van der Waals surface area contributed by atoms with Crippen LogP contribution in [0.1, 0.15) is 95.2 Å². The summed E-state index contributed by atoms with van der Waals surface area (Å²) in [5.74, 6) is -2.73. The van der Waals surface area contributed by atoms with Gasteiger partial charge in [0.15, 0.2) is 0 Å². The van der Waals surface area contributed by atoms with Gasteiger partial charge in [-0.15, -0.1) is 0 Å². The molecule has 0 aliphatic heterocycles. The van der Waals surface area contributed by atoms with Crippen molar-refractivity contribution in [1.29, 1.82) is 0 Å². The minimum absolute atomic E-state index is 0. The Kier molecular flexibility index (Phi) is 17.4. The summed E-state index contributed by atoms with van der Waals surface area (Å²) in [5, 5.41) is 38.7. The van der Waals surface area contributed by atoms with Gasteiger partial charge in [-0.3, -0.25) is 9.98 Å². The first kappa shape index (κ1) is 44.5. The smallest absolute Gasteiger partial charge is 0.550 e. The van der Waals surface area contributed by atoms with E-state index in [2.05, 4.69) is 9.98 Å². The first-order valence-electron chi connectivity index (χ1n) is 13.4. The van der Waals surface area contributed by atoms with Crippen molar-refractivity contribution in [1.82, 2.24) is 0 Å². The van der Waals surface area contributed by atoms with E-state index in [9.17, 15) is 36.6 Å². The summed E-state index contributed by atoms with van der Waals surface area (Å²) in [6, 6.07) is 3.51. The molecule has 0 aliphatic carbocycles. The molecule has 0 atom stereocenters. The molecule has 0 saturated carbocycles. The van der Waals surface area contributed by atoms with Crippen molar-refractivity contribution in [2.24, 2.45) is 9.98 Å². The Morgan fingerprint density at radius 1 is 0.674 bits per heavy atom. The number of carboxylic acid groups (broad SMARTS) is 2. The molecule has 0 aliphatic rings. The third-order valence-corrected chi connectivity index (χ3v) is 5.58. The Balaban J connectivity index is 0. The van der Waals surface area contributed by atoms with Crippen LogP contribution in [-0.2, 0) is 49.6 Å². The topological polar surface area (TPSA) is 145 Å². The first-order valence-corrected chi connectivity index (χ1v) is 13.4. The molecule has 1 radical (unpaired) electrons. The van der Waals surface area contributed by atoms with Gasteiger partial charge in [-0.1, -0.05) is 41.5 Å². The molecule has 0 heterocycles. The standard InChI is InChI=1S/C27H32F6N2O2.2C2H4O2.Co/c1-24(2,3)20-12-18(26(28,29)30)10-16(22(20)36)14-34-8-7-9-35-15-17-11-19(27(31,32)33)13-21(23(17)37)25(4,5)6;2*1-2(3)4;/h10-15,36-37H,7-9H2,1-6H3;2*1H3,(H,3,4);/q;;;+2/p-2. The Morgan fingerprint density at radius 2 is 0.935 bits per heavy atom. The number of rotatable bonds is 6. The number of halogens is 6. The monoisotopic (exact) mass is 707 g/mol. The van der Waals surface area contributed by atoms with Crippen LogP contribution in [0.25, 0.3) is 0 Å². The van der Waals surface area contributed by atoms with Gasteiger partial charge in [0.25, 0.3) is 0 Å². The largest absolute Gasteiger partial charge is 2.00 e. The van der Waals surface area contributed by atoms with Crippen molar-refractivity contribution in [2.45, 2.75) is 85.0 Å². The number of aliphatic carboxylic acids is 2. The molecule has 8 nitrogen and oxygen atoms in total. The number of alkyl halides is 6. The molecule has 46 heavy (non-hydrogen) atoms. The summed E-state index contributed by atoms with van der Waals surface area (Å²) in [4.78, 5) is 25.9. The van der Waals surface area contributed by atoms with Gasteiger partial charge in [-0.25, -0.2) is 0 Å². The average molecular weight is 708 g/mol. The van der Waals surface area contributed by atoms with Crippen LogP contribution in [0.5, 0.6) is 11.5 Å². The number of aromatic hydroxyl groups is 2. The number of hydrogen-bond acceptors (Lipinski definition) is 8. The van der Waals surface area contributed by atoms with Crippen LogP contribution in [-0.4, -0.2) is 47.7 Å². The molecular formula is C31H38CoF6N2O6. The van der Waals surface area contributed by atoms with E-state index < -0.39 is 46.2 Å². The summed E-state index contributed by atoms with van der Waals surface area (Å²) >= 11 is 0. The van der Waals surface area contributed by atoms with Crippen molar-refractivity contribution in [3.05, 3.63) is 57.6 Å². The second kappa shape index (κ2) is 17.9. The molecule has 0 saturated heterocycles.